The van der Waals surface area contributed by atoms with Gasteiger partial charge in [-0.25, -0.2) is 0 Å². The zero-order chi connectivity index (χ0) is 28.4. The van der Waals surface area contributed by atoms with Gasteiger partial charge in [0, 0.05) is 10.8 Å². The molecule has 0 aliphatic heterocycles. The first-order chi connectivity index (χ1) is 17.6. The lowest BCUT2D eigenvalue weighted by atomic mass is 9.92. The molecule has 0 saturated carbocycles. The van der Waals surface area contributed by atoms with E-state index in [4.69, 9.17) is 9.15 Å². The number of hydrogen-bond acceptors (Lipinski definition) is 6. The molecule has 7 heteroatoms. The van der Waals surface area contributed by atoms with Gasteiger partial charge in [0.05, 0.1) is 6.61 Å². The van der Waals surface area contributed by atoms with E-state index in [0.29, 0.717) is 12.4 Å². The van der Waals surface area contributed by atoms with Gasteiger partial charge < -0.3 is 14.3 Å². The number of furan rings is 1. The summed E-state index contributed by atoms with van der Waals surface area (Å²) in [7, 11) is -1.20. The normalized spacial score (nSPS) is 15.3. The number of phenolic OH excluding ortho intramolecular Hbond substituents is 1. The molecule has 0 saturated heterocycles. The first-order valence-corrected chi connectivity index (χ1v) is 14.8. The second-order valence-electron chi connectivity index (χ2n) is 12.1. The van der Waals surface area contributed by atoms with Gasteiger partial charge in [0.2, 0.25) is 0 Å². The molecule has 0 radical (unpaired) electrons. The molecule has 38 heavy (non-hydrogen) atoms. The van der Waals surface area contributed by atoms with Crippen molar-refractivity contribution in [3.63, 3.8) is 0 Å². The summed E-state index contributed by atoms with van der Waals surface area (Å²) in [5, 5.41) is 18.5. The van der Waals surface area contributed by atoms with E-state index in [-0.39, 0.29) is 17.4 Å². The molecule has 0 amide bonds. The number of rotatable bonds is 9. The molecule has 1 aliphatic carbocycles. The van der Waals surface area contributed by atoms with Crippen molar-refractivity contribution in [2.45, 2.75) is 99.1 Å². The number of carbonyl (C=O) groups excluding carboxylic acids is 1. The van der Waals surface area contributed by atoms with Crippen LogP contribution in [0.3, 0.4) is 0 Å². The van der Waals surface area contributed by atoms with Crippen LogP contribution >= 0.6 is 8.22 Å². The van der Waals surface area contributed by atoms with Crippen molar-refractivity contribution in [1.29, 1.82) is 0 Å². The highest BCUT2D eigenvalue weighted by Crippen LogP contribution is 2.32. The fourth-order valence-corrected chi connectivity index (χ4v) is 6.58. The quantitative estimate of drug-likeness (QED) is 0.297. The molecule has 1 heterocycles. The molecule has 0 fully saturated rings. The molecule has 1 atom stereocenters. The van der Waals surface area contributed by atoms with E-state index in [1.54, 1.807) is 0 Å². The topological polar surface area (TPSA) is 83.7 Å². The molecule has 1 unspecified atom stereocenters. The average Bonchev–Trinajstić information content (AvgIpc) is 3.18. The number of nitrogens with one attached hydrogen (secondary N) is 2. The number of esters is 1. The molecule has 0 spiro atoms. The monoisotopic (exact) mass is 540 g/mol. The SMILES string of the molecule is CCOC(=O)C(C)(C)NP(NC(C)(C)C)c1cc2c(o1)=CC(C)=C(Cc1ccc(O)c(C(C)C)c1)CC=2C. The summed E-state index contributed by atoms with van der Waals surface area (Å²) >= 11 is 0. The average molecular weight is 541 g/mol. The number of allylic oxidation sites excluding steroid dienone is 2. The number of aromatic hydroxyl groups is 1. The lowest BCUT2D eigenvalue weighted by Crippen LogP contribution is -2.50. The van der Waals surface area contributed by atoms with Gasteiger partial charge in [-0.15, -0.1) is 0 Å². The predicted octanol–water partition coefficient (Wildman–Crippen LogP) is 5.28. The third-order valence-electron chi connectivity index (χ3n) is 6.57. The Morgan fingerprint density at radius 3 is 2.42 bits per heavy atom. The maximum absolute atomic E-state index is 12.6. The highest BCUT2D eigenvalue weighted by molar-refractivity contribution is 7.61. The molecular weight excluding hydrogens is 495 g/mol. The van der Waals surface area contributed by atoms with Crippen LogP contribution in [0.25, 0.3) is 11.6 Å². The van der Waals surface area contributed by atoms with Crippen molar-refractivity contribution >= 4 is 31.3 Å². The summed E-state index contributed by atoms with van der Waals surface area (Å²) in [6, 6.07) is 8.06. The van der Waals surface area contributed by atoms with Crippen LogP contribution in [0, 0.1) is 0 Å². The minimum Gasteiger partial charge on any atom is -0.508 e. The van der Waals surface area contributed by atoms with Gasteiger partial charge in [-0.2, -0.15) is 0 Å². The van der Waals surface area contributed by atoms with Crippen molar-refractivity contribution in [2.75, 3.05) is 6.61 Å². The van der Waals surface area contributed by atoms with Crippen molar-refractivity contribution in [3.05, 3.63) is 57.2 Å². The smallest absolute Gasteiger partial charge is 0.326 e. The number of fused-ring (bicyclic) bond motifs is 1. The summed E-state index contributed by atoms with van der Waals surface area (Å²) in [5.74, 6) is 0.334. The third-order valence-corrected chi connectivity index (χ3v) is 8.91. The number of benzene rings is 1. The van der Waals surface area contributed by atoms with Gasteiger partial charge in [0.15, 0.2) is 5.50 Å². The van der Waals surface area contributed by atoms with Crippen molar-refractivity contribution < 1.29 is 19.1 Å². The van der Waals surface area contributed by atoms with E-state index in [1.165, 1.54) is 22.3 Å². The van der Waals surface area contributed by atoms with E-state index in [2.05, 4.69) is 76.8 Å². The first-order valence-electron chi connectivity index (χ1n) is 13.5. The molecule has 3 N–H and O–H groups in total. The van der Waals surface area contributed by atoms with Crippen LogP contribution in [-0.4, -0.2) is 28.8 Å². The van der Waals surface area contributed by atoms with E-state index in [0.717, 1.165) is 34.5 Å². The number of hydrogen-bond donors (Lipinski definition) is 3. The van der Waals surface area contributed by atoms with Gasteiger partial charge in [-0.3, -0.25) is 15.0 Å². The molecule has 3 rings (SSSR count). The molecule has 1 aromatic heterocycles. The lowest BCUT2D eigenvalue weighted by Gasteiger charge is -2.33. The predicted molar refractivity (Wildman–Crippen MR) is 158 cm³/mol. The molecular formula is C31H45N2O4P. The highest BCUT2D eigenvalue weighted by atomic mass is 31.1. The summed E-state index contributed by atoms with van der Waals surface area (Å²) in [4.78, 5) is 12.6. The fourth-order valence-electron chi connectivity index (χ4n) is 4.53. The van der Waals surface area contributed by atoms with Gasteiger partial charge in [0.25, 0.3) is 0 Å². The third kappa shape index (κ3) is 7.37. The second-order valence-corrected chi connectivity index (χ2v) is 13.7. The van der Waals surface area contributed by atoms with Crippen LogP contribution in [0.2, 0.25) is 0 Å². The van der Waals surface area contributed by atoms with Crippen LogP contribution in [0.15, 0.2) is 39.8 Å². The maximum atomic E-state index is 12.6. The molecule has 2 aromatic rings. The molecule has 1 aromatic carbocycles. The number of phenols is 1. The van der Waals surface area contributed by atoms with E-state index >= 15 is 0 Å². The molecule has 208 valence electrons. The van der Waals surface area contributed by atoms with Crippen molar-refractivity contribution in [1.82, 2.24) is 10.2 Å². The van der Waals surface area contributed by atoms with Gasteiger partial charge in [-0.05, 0) is 109 Å². The first kappa shape index (κ1) is 30.1. The Hall–Kier alpha value is -2.40. The van der Waals surface area contributed by atoms with E-state index < -0.39 is 13.8 Å². The van der Waals surface area contributed by atoms with Crippen LogP contribution in [0.4, 0.5) is 0 Å². The second kappa shape index (κ2) is 11.8. The Labute approximate surface area is 229 Å². The zero-order valence-corrected chi connectivity index (χ0v) is 25.6. The highest BCUT2D eigenvalue weighted by Gasteiger charge is 2.35. The minimum atomic E-state index is -1.20. The van der Waals surface area contributed by atoms with Gasteiger partial charge >= 0.3 is 5.97 Å². The molecule has 0 bridgehead atoms. The Morgan fingerprint density at radius 2 is 1.82 bits per heavy atom. The largest absolute Gasteiger partial charge is 0.508 e. The molecule has 6 nitrogen and oxygen atoms in total. The Balaban J connectivity index is 1.99. The van der Waals surface area contributed by atoms with Crippen LogP contribution in [0.5, 0.6) is 5.75 Å². The minimum absolute atomic E-state index is 0.196. The van der Waals surface area contributed by atoms with Gasteiger partial charge in [0.1, 0.15) is 24.9 Å². The summed E-state index contributed by atoms with van der Waals surface area (Å²) in [6.07, 6.45) is 3.80. The van der Waals surface area contributed by atoms with E-state index in [1.807, 2.05) is 32.9 Å². The van der Waals surface area contributed by atoms with E-state index in [9.17, 15) is 9.90 Å². The van der Waals surface area contributed by atoms with Crippen LogP contribution < -0.4 is 26.3 Å². The summed E-state index contributed by atoms with van der Waals surface area (Å²) in [6.45, 7) is 20.7. The zero-order valence-electron chi connectivity index (χ0n) is 24.7. The summed E-state index contributed by atoms with van der Waals surface area (Å²) in [5.41, 5.74) is 6.52. The fraction of sp³-hybridized carbons (Fsp3) is 0.516. The van der Waals surface area contributed by atoms with Gasteiger partial charge in [-0.1, -0.05) is 37.1 Å². The van der Waals surface area contributed by atoms with Crippen LogP contribution in [0.1, 0.15) is 92.7 Å². The molecule has 1 aliphatic rings. The van der Waals surface area contributed by atoms with Crippen molar-refractivity contribution in [3.8, 4) is 5.75 Å². The Bertz CT molecular complexity index is 1330. The Morgan fingerprint density at radius 1 is 1.13 bits per heavy atom. The van der Waals surface area contributed by atoms with Crippen LogP contribution in [-0.2, 0) is 16.0 Å². The standard InChI is InChI=1S/C31H45N2O4P/c1-11-36-29(35)31(9,10)33-38(32-30(6,7)8)28-18-25-21(5)14-23(20(4)15-27(25)37-28)16-22-12-13-26(34)24(17-22)19(2)3/h12-13,15,17-19,32-34H,11,14,16H2,1-10H3. The summed E-state index contributed by atoms with van der Waals surface area (Å²) < 4.78 is 11.8. The Kier molecular flexibility index (Phi) is 9.34. The number of carbonyl (C=O) groups is 1. The maximum Gasteiger partial charge on any atom is 0.326 e. The number of ether oxygens (including phenoxy) is 1. The van der Waals surface area contributed by atoms with Crippen molar-refractivity contribution in [2.24, 2.45) is 0 Å². The lowest BCUT2D eigenvalue weighted by molar-refractivity contribution is -0.148.